The number of thiophene rings is 1. The minimum atomic E-state index is 0.263. The maximum Gasteiger partial charge on any atom is 0.172 e. The average molecular weight is 395 g/mol. The fourth-order valence-corrected chi connectivity index (χ4v) is 4.59. The van der Waals surface area contributed by atoms with Crippen molar-refractivity contribution in [2.24, 2.45) is 0 Å². The Bertz CT molecular complexity index is 457. The van der Waals surface area contributed by atoms with Gasteiger partial charge in [-0.3, -0.25) is 0 Å². The molecule has 0 fully saturated rings. The molecule has 0 saturated heterocycles. The van der Waals surface area contributed by atoms with Crippen molar-refractivity contribution < 1.29 is 9.47 Å². The van der Waals surface area contributed by atoms with Gasteiger partial charge in [0.1, 0.15) is 12.7 Å². The fraction of sp³-hybridized carbons (Fsp3) is 0.833. The molecule has 27 heavy (non-hydrogen) atoms. The summed E-state index contributed by atoms with van der Waals surface area (Å²) < 4.78 is 11.7. The second-order valence-corrected chi connectivity index (χ2v) is 8.99. The SMILES string of the molecule is CCCCCCCCCCCCCCCCCCC1COc2cscc2O1. The predicted octanol–water partition coefficient (Wildman–Crippen LogP) is 8.54. The molecule has 156 valence electrons. The van der Waals surface area contributed by atoms with Crippen LogP contribution in [0.5, 0.6) is 11.5 Å². The Labute approximate surface area is 172 Å². The normalized spacial score (nSPS) is 16.0. The number of unbranched alkanes of at least 4 members (excludes halogenated alkanes) is 15. The first-order valence-corrected chi connectivity index (χ1v) is 12.7. The number of hydrogen-bond donors (Lipinski definition) is 0. The Morgan fingerprint density at radius 2 is 1.19 bits per heavy atom. The van der Waals surface area contributed by atoms with Gasteiger partial charge in [0.2, 0.25) is 0 Å². The minimum Gasteiger partial charge on any atom is -0.485 e. The maximum absolute atomic E-state index is 5.98. The minimum absolute atomic E-state index is 0.263. The monoisotopic (exact) mass is 394 g/mol. The average Bonchev–Trinajstić information content (AvgIpc) is 3.15. The van der Waals surface area contributed by atoms with Crippen LogP contribution in [0, 0.1) is 0 Å². The zero-order valence-electron chi connectivity index (χ0n) is 17.7. The quantitative estimate of drug-likeness (QED) is 0.246. The van der Waals surface area contributed by atoms with Gasteiger partial charge in [0, 0.05) is 10.8 Å². The maximum atomic E-state index is 5.98. The first-order chi connectivity index (χ1) is 13.4. The van der Waals surface area contributed by atoms with E-state index in [0.29, 0.717) is 0 Å². The van der Waals surface area contributed by atoms with Crippen molar-refractivity contribution in [1.82, 2.24) is 0 Å². The summed E-state index contributed by atoms with van der Waals surface area (Å²) in [5.74, 6) is 1.89. The van der Waals surface area contributed by atoms with E-state index in [-0.39, 0.29) is 6.10 Å². The van der Waals surface area contributed by atoms with Crippen molar-refractivity contribution >= 4 is 11.3 Å². The molecule has 2 heterocycles. The van der Waals surface area contributed by atoms with Crippen LogP contribution in [-0.2, 0) is 0 Å². The Hall–Kier alpha value is -0.700. The molecule has 0 amide bonds. The standard InChI is InChI=1S/C24H42O2S/c1-2-3-4-5-6-7-8-9-10-11-12-13-14-15-16-17-18-22-19-25-23-20-27-21-24(23)26-22/h20-22H,2-19H2,1H3. The van der Waals surface area contributed by atoms with Crippen molar-refractivity contribution in [3.05, 3.63) is 10.8 Å². The molecule has 1 unspecified atom stereocenters. The van der Waals surface area contributed by atoms with Gasteiger partial charge in [-0.2, -0.15) is 0 Å². The molecule has 3 heteroatoms. The van der Waals surface area contributed by atoms with Gasteiger partial charge in [-0.25, -0.2) is 0 Å². The van der Waals surface area contributed by atoms with Crippen LogP contribution in [0.1, 0.15) is 116 Å². The van der Waals surface area contributed by atoms with Crippen LogP contribution in [0.3, 0.4) is 0 Å². The summed E-state index contributed by atoms with van der Waals surface area (Å²) in [6.07, 6.45) is 24.1. The molecule has 0 N–H and O–H groups in total. The second-order valence-electron chi connectivity index (χ2n) is 8.24. The molecule has 1 aromatic rings. The Kier molecular flexibility index (Phi) is 12.8. The lowest BCUT2D eigenvalue weighted by atomic mass is 10.0. The van der Waals surface area contributed by atoms with Crippen molar-refractivity contribution in [2.45, 2.75) is 122 Å². The van der Waals surface area contributed by atoms with Gasteiger partial charge in [0.25, 0.3) is 0 Å². The van der Waals surface area contributed by atoms with Crippen molar-refractivity contribution in [3.8, 4) is 11.5 Å². The fourth-order valence-electron chi connectivity index (χ4n) is 3.92. The zero-order chi connectivity index (χ0) is 19.0. The lowest BCUT2D eigenvalue weighted by Crippen LogP contribution is -2.28. The number of fused-ring (bicyclic) bond motifs is 1. The summed E-state index contributed by atoms with van der Waals surface area (Å²) in [6, 6.07) is 0. The Balaban J connectivity index is 1.27. The van der Waals surface area contributed by atoms with E-state index >= 15 is 0 Å². The smallest absolute Gasteiger partial charge is 0.172 e. The Morgan fingerprint density at radius 1 is 0.704 bits per heavy atom. The number of hydrogen-bond acceptors (Lipinski definition) is 3. The van der Waals surface area contributed by atoms with Crippen LogP contribution in [0.2, 0.25) is 0 Å². The molecule has 0 bridgehead atoms. The molecule has 0 aliphatic carbocycles. The van der Waals surface area contributed by atoms with Crippen LogP contribution in [0.25, 0.3) is 0 Å². The molecule has 2 rings (SSSR count). The highest BCUT2D eigenvalue weighted by Crippen LogP contribution is 2.36. The topological polar surface area (TPSA) is 18.5 Å². The van der Waals surface area contributed by atoms with Gasteiger partial charge >= 0.3 is 0 Å². The van der Waals surface area contributed by atoms with E-state index in [4.69, 9.17) is 9.47 Å². The van der Waals surface area contributed by atoms with Crippen LogP contribution in [0.15, 0.2) is 10.8 Å². The predicted molar refractivity (Wildman–Crippen MR) is 118 cm³/mol. The molecule has 0 saturated carbocycles. The largest absolute Gasteiger partial charge is 0.485 e. The third-order valence-corrected chi connectivity index (χ3v) is 6.39. The van der Waals surface area contributed by atoms with E-state index in [1.54, 1.807) is 11.3 Å². The summed E-state index contributed by atoms with van der Waals surface area (Å²) >= 11 is 1.66. The first-order valence-electron chi connectivity index (χ1n) is 11.8. The van der Waals surface area contributed by atoms with Gasteiger partial charge in [0.15, 0.2) is 11.5 Å². The van der Waals surface area contributed by atoms with Crippen LogP contribution >= 0.6 is 11.3 Å². The van der Waals surface area contributed by atoms with E-state index < -0.39 is 0 Å². The van der Waals surface area contributed by atoms with Gasteiger partial charge in [-0.15, -0.1) is 11.3 Å². The van der Waals surface area contributed by atoms with Gasteiger partial charge in [-0.1, -0.05) is 103 Å². The van der Waals surface area contributed by atoms with Gasteiger partial charge in [-0.05, 0) is 12.8 Å². The highest BCUT2D eigenvalue weighted by Gasteiger charge is 2.20. The third kappa shape index (κ3) is 10.4. The van der Waals surface area contributed by atoms with Crippen LogP contribution < -0.4 is 9.47 Å². The second kappa shape index (κ2) is 15.2. The molecule has 2 nitrogen and oxygen atoms in total. The van der Waals surface area contributed by atoms with E-state index in [9.17, 15) is 0 Å². The molecule has 0 aromatic carbocycles. The summed E-state index contributed by atoms with van der Waals surface area (Å²) in [7, 11) is 0. The van der Waals surface area contributed by atoms with Crippen LogP contribution in [-0.4, -0.2) is 12.7 Å². The highest BCUT2D eigenvalue weighted by molar-refractivity contribution is 7.08. The first kappa shape index (κ1) is 22.6. The molecule has 0 spiro atoms. The van der Waals surface area contributed by atoms with E-state index in [1.807, 2.05) is 5.38 Å². The molecule has 1 aromatic heterocycles. The molecule has 1 aliphatic rings. The number of ether oxygens (including phenoxy) is 2. The molecule has 1 atom stereocenters. The Morgan fingerprint density at radius 3 is 1.74 bits per heavy atom. The van der Waals surface area contributed by atoms with Crippen molar-refractivity contribution in [1.29, 1.82) is 0 Å². The highest BCUT2D eigenvalue weighted by atomic mass is 32.1. The summed E-state index contributed by atoms with van der Waals surface area (Å²) in [4.78, 5) is 0. The van der Waals surface area contributed by atoms with Crippen molar-refractivity contribution in [3.63, 3.8) is 0 Å². The van der Waals surface area contributed by atoms with Gasteiger partial charge in [0.05, 0.1) is 0 Å². The number of rotatable bonds is 17. The summed E-state index contributed by atoms with van der Waals surface area (Å²) in [5, 5.41) is 4.08. The molecule has 1 aliphatic heterocycles. The van der Waals surface area contributed by atoms with Gasteiger partial charge < -0.3 is 9.47 Å². The van der Waals surface area contributed by atoms with Crippen LogP contribution in [0.4, 0.5) is 0 Å². The molecule has 0 radical (unpaired) electrons. The van der Waals surface area contributed by atoms with E-state index in [0.717, 1.165) is 24.5 Å². The van der Waals surface area contributed by atoms with E-state index in [2.05, 4.69) is 12.3 Å². The lowest BCUT2D eigenvalue weighted by molar-refractivity contribution is 0.0842. The van der Waals surface area contributed by atoms with E-state index in [1.165, 1.54) is 103 Å². The lowest BCUT2D eigenvalue weighted by Gasteiger charge is -2.24. The summed E-state index contributed by atoms with van der Waals surface area (Å²) in [6.45, 7) is 3.02. The third-order valence-electron chi connectivity index (χ3n) is 5.69. The molecular weight excluding hydrogens is 352 g/mol. The zero-order valence-corrected chi connectivity index (χ0v) is 18.5. The summed E-state index contributed by atoms with van der Waals surface area (Å²) in [5.41, 5.74) is 0. The molecular formula is C24H42O2S. The van der Waals surface area contributed by atoms with Crippen molar-refractivity contribution in [2.75, 3.05) is 6.61 Å².